The maximum absolute atomic E-state index is 8.25. The molecule has 0 atom stereocenters. The summed E-state index contributed by atoms with van der Waals surface area (Å²) in [5.74, 6) is 0.919. The molecule has 0 amide bonds. The highest BCUT2D eigenvalue weighted by Crippen LogP contribution is 2.05. The average Bonchev–Trinajstić information content (AvgIpc) is 2.05. The van der Waals surface area contributed by atoms with Gasteiger partial charge in [-0.05, 0) is 24.3 Å². The number of rotatable bonds is 1. The molecule has 0 saturated heterocycles. The van der Waals surface area contributed by atoms with Crippen molar-refractivity contribution in [3.8, 4) is 5.75 Å². The van der Waals surface area contributed by atoms with Gasteiger partial charge in [0.2, 0.25) is 0 Å². The molecule has 1 aromatic rings. The van der Waals surface area contributed by atoms with Crippen molar-refractivity contribution in [2.75, 3.05) is 7.11 Å². The fraction of sp³-hybridized carbons (Fsp3) is 0.143. The zero-order valence-corrected chi connectivity index (χ0v) is 9.13. The third-order valence-corrected chi connectivity index (χ3v) is 1.84. The number of benzene rings is 1. The van der Waals surface area contributed by atoms with Crippen LogP contribution in [0.3, 0.4) is 0 Å². The summed E-state index contributed by atoms with van der Waals surface area (Å²) >= 11 is 1.99. The van der Waals surface area contributed by atoms with Crippen LogP contribution in [0.15, 0.2) is 24.3 Å². The van der Waals surface area contributed by atoms with Gasteiger partial charge in [0.05, 0.1) is 12.2 Å². The molecule has 0 aliphatic carbocycles. The number of nitrogens with zero attached hydrogens (tertiary/aromatic N) is 1. The summed E-state index contributed by atoms with van der Waals surface area (Å²) in [6, 6.07) is 7.97. The summed E-state index contributed by atoms with van der Waals surface area (Å²) in [6.07, 6.45) is 0. The van der Waals surface area contributed by atoms with Gasteiger partial charge in [0.15, 0.2) is 3.57 Å². The van der Waals surface area contributed by atoms with Crippen LogP contribution in [0.4, 0.5) is 0 Å². The smallest absolute Gasteiger partial charge is 0.296 e. The molecule has 0 aliphatic rings. The van der Waals surface area contributed by atoms with Crippen LogP contribution in [0.5, 0.6) is 5.75 Å². The summed E-state index contributed by atoms with van der Waals surface area (Å²) in [5, 5.41) is 14.8. The van der Waals surface area contributed by atoms with E-state index in [2.05, 4.69) is 0 Å². The highest BCUT2D eigenvalue weighted by Gasteiger charge is 1.93. The lowest BCUT2D eigenvalue weighted by Gasteiger charge is -1.94. The number of hydrogen-bond acceptors (Lipinski definition) is 4. The molecular weight excluding hydrogens is 289 g/mol. The maximum atomic E-state index is 8.25. The summed E-state index contributed by atoms with van der Waals surface area (Å²) in [6.45, 7) is 0. The van der Waals surface area contributed by atoms with E-state index in [0.29, 0.717) is 0 Å². The van der Waals surface area contributed by atoms with Crippen LogP contribution in [0, 0.1) is 18.9 Å². The number of ether oxygens (including phenoxy) is 1. The Bertz CT molecular complexity index is 258. The Morgan fingerprint density at radius 2 is 1.69 bits per heavy atom. The van der Waals surface area contributed by atoms with E-state index in [1.54, 1.807) is 7.11 Å². The molecule has 5 nitrogen and oxygen atoms in total. The molecule has 0 unspecified atom stereocenters. The van der Waals surface area contributed by atoms with Gasteiger partial charge in [0.25, 0.3) is 22.6 Å². The minimum atomic E-state index is -1.75. The first-order valence-corrected chi connectivity index (χ1v) is 4.35. The second kappa shape index (κ2) is 6.46. The first-order valence-electron chi connectivity index (χ1n) is 3.19. The quantitative estimate of drug-likeness (QED) is 0.338. The van der Waals surface area contributed by atoms with Crippen LogP contribution >= 0.6 is 0 Å². The summed E-state index contributed by atoms with van der Waals surface area (Å²) in [7, 11) is 1.67. The minimum Gasteiger partial charge on any atom is -0.497 e. The highest BCUT2D eigenvalue weighted by molar-refractivity contribution is 5.20. The van der Waals surface area contributed by atoms with Crippen molar-refractivity contribution in [3.05, 3.63) is 43.2 Å². The Morgan fingerprint density at radius 3 is 2.00 bits per heavy atom. The molecule has 0 heterocycles. The highest BCUT2D eigenvalue weighted by atomic mass is 127. The summed E-state index contributed by atoms with van der Waals surface area (Å²) in [5.41, 5.74) is 0. The van der Waals surface area contributed by atoms with Crippen molar-refractivity contribution in [1.82, 2.24) is 0 Å². The average molecular weight is 297 g/mol. The molecule has 0 aliphatic heterocycles. The monoisotopic (exact) mass is 297 g/mol. The fourth-order valence-corrected chi connectivity index (χ4v) is 0.964. The summed E-state index contributed by atoms with van der Waals surface area (Å²) < 4.78 is 6.24. The maximum Gasteiger partial charge on any atom is 0.296 e. The largest absolute Gasteiger partial charge is 0.497 e. The van der Waals surface area contributed by atoms with E-state index in [1.165, 1.54) is 3.57 Å². The standard InChI is InChI=1S/C7H8IO.NO3/c1-9-7-4-2-6(8)3-5-7;2-1(3)4/h2-5,8H,1H3;/q+1;-1. The van der Waals surface area contributed by atoms with Gasteiger partial charge in [-0.3, -0.25) is 0 Å². The Balaban J connectivity index is 0.000000310. The zero-order chi connectivity index (χ0) is 10.3. The second-order valence-corrected chi connectivity index (χ2v) is 3.24. The number of methoxy groups -OCH3 is 1. The molecular formula is C7H8INO4. The van der Waals surface area contributed by atoms with Crippen molar-refractivity contribution in [1.29, 1.82) is 0 Å². The third kappa shape index (κ3) is 7.32. The predicted molar refractivity (Wildman–Crippen MR) is 43.4 cm³/mol. The van der Waals surface area contributed by atoms with E-state index >= 15 is 0 Å². The molecule has 1 aromatic carbocycles. The van der Waals surface area contributed by atoms with E-state index in [-0.39, 0.29) is 0 Å². The lowest BCUT2D eigenvalue weighted by Crippen LogP contribution is -3.34. The third-order valence-electron chi connectivity index (χ3n) is 1.06. The van der Waals surface area contributed by atoms with E-state index in [1.807, 2.05) is 46.9 Å². The van der Waals surface area contributed by atoms with Crippen molar-refractivity contribution in [2.24, 2.45) is 0 Å². The fourth-order valence-electron chi connectivity index (χ4n) is 0.576. The molecule has 6 heteroatoms. The van der Waals surface area contributed by atoms with Crippen molar-refractivity contribution >= 4 is 0 Å². The Kier molecular flexibility index (Phi) is 5.94. The summed E-state index contributed by atoms with van der Waals surface area (Å²) in [4.78, 5) is 8.25. The molecule has 0 radical (unpaired) electrons. The van der Waals surface area contributed by atoms with Gasteiger partial charge >= 0.3 is 0 Å². The van der Waals surface area contributed by atoms with Crippen LogP contribution in [-0.4, -0.2) is 12.2 Å². The zero-order valence-electron chi connectivity index (χ0n) is 6.80. The predicted octanol–water partition coefficient (Wildman–Crippen LogP) is -2.09. The SMILES string of the molecule is COc1ccc([IH+])cc1.O=[N+]([O-])[O-]. The topological polar surface area (TPSA) is 75.4 Å². The lowest BCUT2D eigenvalue weighted by molar-refractivity contribution is -0.402. The van der Waals surface area contributed by atoms with Gasteiger partial charge in [-0.1, -0.05) is 0 Å². The lowest BCUT2D eigenvalue weighted by atomic mass is 10.3. The second-order valence-electron chi connectivity index (χ2n) is 1.90. The Hall–Kier alpha value is -1.05. The van der Waals surface area contributed by atoms with Crippen molar-refractivity contribution in [3.63, 3.8) is 0 Å². The van der Waals surface area contributed by atoms with Crippen molar-refractivity contribution < 1.29 is 32.4 Å². The van der Waals surface area contributed by atoms with E-state index in [0.717, 1.165) is 5.75 Å². The first-order chi connectivity index (χ1) is 6.06. The van der Waals surface area contributed by atoms with E-state index in [9.17, 15) is 0 Å². The molecule has 0 aromatic heterocycles. The van der Waals surface area contributed by atoms with Gasteiger partial charge in [0.1, 0.15) is 5.75 Å². The number of halogens is 1. The minimum absolute atomic E-state index is 0.919. The number of hydrogen-bond donors (Lipinski definition) is 0. The van der Waals surface area contributed by atoms with Crippen LogP contribution in [0.25, 0.3) is 0 Å². The van der Waals surface area contributed by atoms with Crippen LogP contribution in [0.2, 0.25) is 0 Å². The van der Waals surface area contributed by atoms with E-state index < -0.39 is 5.09 Å². The van der Waals surface area contributed by atoms with Gasteiger partial charge in [-0.15, -0.1) is 0 Å². The van der Waals surface area contributed by atoms with Gasteiger partial charge in [0, 0.05) is 0 Å². The molecule has 0 fully saturated rings. The normalized spacial score (nSPS) is 8.15. The Morgan fingerprint density at radius 1 is 1.31 bits per heavy atom. The molecule has 72 valence electrons. The van der Waals surface area contributed by atoms with Crippen LogP contribution in [0.1, 0.15) is 0 Å². The molecule has 0 saturated carbocycles. The van der Waals surface area contributed by atoms with Crippen LogP contribution in [-0.2, 0) is 0 Å². The van der Waals surface area contributed by atoms with Gasteiger partial charge in [-0.2, -0.15) is 0 Å². The Labute approximate surface area is 88.6 Å². The molecule has 0 spiro atoms. The molecule has 0 bridgehead atoms. The van der Waals surface area contributed by atoms with Gasteiger partial charge < -0.3 is 20.1 Å². The van der Waals surface area contributed by atoms with Crippen LogP contribution < -0.4 is 27.3 Å². The first kappa shape index (κ1) is 11.9. The molecule has 0 N–H and O–H groups in total. The van der Waals surface area contributed by atoms with Gasteiger partial charge in [-0.25, -0.2) is 0 Å². The molecule has 1 rings (SSSR count). The molecule has 13 heavy (non-hydrogen) atoms. The van der Waals surface area contributed by atoms with Crippen molar-refractivity contribution in [2.45, 2.75) is 0 Å². The van der Waals surface area contributed by atoms with E-state index in [4.69, 9.17) is 20.1 Å².